The fraction of sp³-hybridized carbons (Fsp3) is 0.600. The molecule has 0 saturated carbocycles. The van der Waals surface area contributed by atoms with Gasteiger partial charge in [-0.05, 0) is 20.3 Å². The molecular formula is C10H17ClN4. The van der Waals surface area contributed by atoms with Gasteiger partial charge in [-0.15, -0.1) is 0 Å². The number of halogens is 1. The van der Waals surface area contributed by atoms with E-state index in [1.807, 2.05) is 13.8 Å². The monoisotopic (exact) mass is 228 g/mol. The van der Waals surface area contributed by atoms with Crippen molar-refractivity contribution in [2.24, 2.45) is 0 Å². The van der Waals surface area contributed by atoms with E-state index in [4.69, 9.17) is 17.3 Å². The Hall–Kier alpha value is -1.03. The fourth-order valence-corrected chi connectivity index (χ4v) is 1.39. The van der Waals surface area contributed by atoms with Crippen LogP contribution in [0.25, 0.3) is 0 Å². The van der Waals surface area contributed by atoms with Crippen LogP contribution >= 0.6 is 11.6 Å². The van der Waals surface area contributed by atoms with E-state index in [0.29, 0.717) is 16.7 Å². The number of nitrogens with zero attached hydrogens (tertiary/aromatic N) is 2. The molecule has 0 saturated heterocycles. The zero-order valence-electron chi connectivity index (χ0n) is 9.34. The highest BCUT2D eigenvalue weighted by Crippen LogP contribution is 2.24. The van der Waals surface area contributed by atoms with Crippen LogP contribution < -0.4 is 11.1 Å². The molecule has 84 valence electrons. The van der Waals surface area contributed by atoms with Crippen molar-refractivity contribution in [3.8, 4) is 0 Å². The summed E-state index contributed by atoms with van der Waals surface area (Å²) in [5.41, 5.74) is 6.20. The summed E-state index contributed by atoms with van der Waals surface area (Å²) in [7, 11) is 0. The molecule has 15 heavy (non-hydrogen) atoms. The summed E-state index contributed by atoms with van der Waals surface area (Å²) in [5, 5.41) is 3.48. The van der Waals surface area contributed by atoms with Gasteiger partial charge < -0.3 is 11.1 Å². The molecule has 0 aliphatic rings. The van der Waals surface area contributed by atoms with Gasteiger partial charge in [0.1, 0.15) is 11.5 Å². The SMILES string of the molecule is CCCc1nc(Cl)c(N)c(NC(C)C)n1. The van der Waals surface area contributed by atoms with E-state index < -0.39 is 0 Å². The molecule has 0 radical (unpaired) electrons. The lowest BCUT2D eigenvalue weighted by molar-refractivity contribution is 0.824. The van der Waals surface area contributed by atoms with Gasteiger partial charge in [-0.25, -0.2) is 9.97 Å². The molecule has 0 aliphatic carbocycles. The van der Waals surface area contributed by atoms with Crippen molar-refractivity contribution in [1.82, 2.24) is 9.97 Å². The smallest absolute Gasteiger partial charge is 0.157 e. The lowest BCUT2D eigenvalue weighted by Crippen LogP contribution is -2.14. The van der Waals surface area contributed by atoms with Crippen molar-refractivity contribution in [2.75, 3.05) is 11.1 Å². The maximum atomic E-state index is 5.92. The molecule has 0 aliphatic heterocycles. The molecule has 1 aromatic rings. The quantitative estimate of drug-likeness (QED) is 0.778. The zero-order valence-corrected chi connectivity index (χ0v) is 10.1. The van der Waals surface area contributed by atoms with Gasteiger partial charge in [0.05, 0.1) is 0 Å². The van der Waals surface area contributed by atoms with Crippen LogP contribution in [0.1, 0.15) is 33.0 Å². The summed E-state index contributed by atoms with van der Waals surface area (Å²) in [5.74, 6) is 1.37. The summed E-state index contributed by atoms with van der Waals surface area (Å²) in [4.78, 5) is 8.45. The first kappa shape index (κ1) is 12.0. The number of nitrogens with one attached hydrogen (secondary N) is 1. The van der Waals surface area contributed by atoms with Crippen LogP contribution in [0.2, 0.25) is 5.15 Å². The lowest BCUT2D eigenvalue weighted by Gasteiger charge is -2.13. The highest BCUT2D eigenvalue weighted by atomic mass is 35.5. The van der Waals surface area contributed by atoms with E-state index in [1.165, 1.54) is 0 Å². The third-order valence-corrected chi connectivity index (χ3v) is 2.13. The van der Waals surface area contributed by atoms with Crippen LogP contribution in [-0.2, 0) is 6.42 Å². The Kier molecular flexibility index (Phi) is 4.15. The van der Waals surface area contributed by atoms with E-state index in [-0.39, 0.29) is 6.04 Å². The Morgan fingerprint density at radius 2 is 2.07 bits per heavy atom. The first-order chi connectivity index (χ1) is 7.04. The number of anilines is 2. The number of nitrogen functional groups attached to an aromatic ring is 1. The molecule has 1 heterocycles. The maximum absolute atomic E-state index is 5.92. The second-order valence-corrected chi connectivity index (χ2v) is 4.10. The molecule has 1 aromatic heterocycles. The van der Waals surface area contributed by atoms with Gasteiger partial charge in [-0.3, -0.25) is 0 Å². The molecule has 3 N–H and O–H groups in total. The normalized spacial score (nSPS) is 10.7. The highest BCUT2D eigenvalue weighted by Gasteiger charge is 2.10. The minimum Gasteiger partial charge on any atom is -0.393 e. The molecule has 1 rings (SSSR count). The number of nitrogens with two attached hydrogens (primary N) is 1. The van der Waals surface area contributed by atoms with Gasteiger partial charge in [-0.2, -0.15) is 0 Å². The molecule has 0 amide bonds. The standard InChI is InChI=1S/C10H17ClN4/c1-4-5-7-14-9(11)8(12)10(15-7)13-6(2)3/h6H,4-5,12H2,1-3H3,(H,13,14,15). The first-order valence-electron chi connectivity index (χ1n) is 5.13. The topological polar surface area (TPSA) is 63.8 Å². The van der Waals surface area contributed by atoms with Gasteiger partial charge in [0.25, 0.3) is 0 Å². The van der Waals surface area contributed by atoms with Crippen LogP contribution in [0.3, 0.4) is 0 Å². The Labute approximate surface area is 95.3 Å². The number of hydrogen-bond acceptors (Lipinski definition) is 4. The van der Waals surface area contributed by atoms with Gasteiger partial charge in [-0.1, -0.05) is 18.5 Å². The summed E-state index contributed by atoms with van der Waals surface area (Å²) in [6.45, 7) is 6.12. The third kappa shape index (κ3) is 3.23. The number of hydrogen-bond donors (Lipinski definition) is 2. The van der Waals surface area contributed by atoms with E-state index in [2.05, 4.69) is 22.2 Å². The minimum absolute atomic E-state index is 0.271. The number of aromatic nitrogens is 2. The maximum Gasteiger partial charge on any atom is 0.157 e. The molecule has 4 nitrogen and oxygen atoms in total. The van der Waals surface area contributed by atoms with Crippen LogP contribution in [0.4, 0.5) is 11.5 Å². The first-order valence-corrected chi connectivity index (χ1v) is 5.50. The van der Waals surface area contributed by atoms with Crippen molar-refractivity contribution >= 4 is 23.1 Å². The summed E-state index contributed by atoms with van der Waals surface area (Å²) < 4.78 is 0. The predicted molar refractivity (Wildman–Crippen MR) is 64.2 cm³/mol. The third-order valence-electron chi connectivity index (χ3n) is 1.84. The molecule has 5 heteroatoms. The van der Waals surface area contributed by atoms with Gasteiger partial charge in [0, 0.05) is 12.5 Å². The minimum atomic E-state index is 0.271. The molecule has 0 atom stereocenters. The van der Waals surface area contributed by atoms with E-state index in [1.54, 1.807) is 0 Å². The largest absolute Gasteiger partial charge is 0.393 e. The fourth-order valence-electron chi connectivity index (χ4n) is 1.20. The van der Waals surface area contributed by atoms with E-state index in [0.717, 1.165) is 18.7 Å². The summed E-state index contributed by atoms with van der Waals surface area (Å²) in [6.07, 6.45) is 1.80. The number of rotatable bonds is 4. The highest BCUT2D eigenvalue weighted by molar-refractivity contribution is 6.32. The van der Waals surface area contributed by atoms with Gasteiger partial charge in [0.2, 0.25) is 0 Å². The average molecular weight is 229 g/mol. The lowest BCUT2D eigenvalue weighted by atomic mass is 10.3. The summed E-state index contributed by atoms with van der Waals surface area (Å²) >= 11 is 5.92. The molecule has 0 fully saturated rings. The van der Waals surface area contributed by atoms with Crippen molar-refractivity contribution in [1.29, 1.82) is 0 Å². The zero-order chi connectivity index (χ0) is 11.4. The van der Waals surface area contributed by atoms with E-state index in [9.17, 15) is 0 Å². The number of aryl methyl sites for hydroxylation is 1. The molecule has 0 bridgehead atoms. The predicted octanol–water partition coefficient (Wildman–Crippen LogP) is 2.49. The second-order valence-electron chi connectivity index (χ2n) is 3.74. The van der Waals surface area contributed by atoms with Crippen LogP contribution in [0.15, 0.2) is 0 Å². The van der Waals surface area contributed by atoms with Crippen molar-refractivity contribution in [2.45, 2.75) is 39.7 Å². The van der Waals surface area contributed by atoms with Gasteiger partial charge >= 0.3 is 0 Å². The molecule has 0 unspecified atom stereocenters. The Morgan fingerprint density at radius 3 is 2.60 bits per heavy atom. The molecular weight excluding hydrogens is 212 g/mol. The van der Waals surface area contributed by atoms with Crippen LogP contribution in [-0.4, -0.2) is 16.0 Å². The molecule has 0 spiro atoms. The van der Waals surface area contributed by atoms with Crippen LogP contribution in [0, 0.1) is 0 Å². The Morgan fingerprint density at radius 1 is 1.40 bits per heavy atom. The Balaban J connectivity index is 3.01. The van der Waals surface area contributed by atoms with Crippen molar-refractivity contribution in [3.05, 3.63) is 11.0 Å². The van der Waals surface area contributed by atoms with Gasteiger partial charge in [0.15, 0.2) is 11.0 Å². The Bertz CT molecular complexity index is 338. The van der Waals surface area contributed by atoms with Crippen molar-refractivity contribution < 1.29 is 0 Å². The van der Waals surface area contributed by atoms with Crippen molar-refractivity contribution in [3.63, 3.8) is 0 Å². The summed E-state index contributed by atoms with van der Waals surface area (Å²) in [6, 6.07) is 0.271. The molecule has 0 aromatic carbocycles. The second kappa shape index (κ2) is 5.16. The average Bonchev–Trinajstić information content (AvgIpc) is 2.13. The van der Waals surface area contributed by atoms with Crippen LogP contribution in [0.5, 0.6) is 0 Å². The van der Waals surface area contributed by atoms with E-state index >= 15 is 0 Å².